The second kappa shape index (κ2) is 11.4. The first-order valence-corrected chi connectivity index (χ1v) is 13.7. The molecule has 0 spiro atoms. The summed E-state index contributed by atoms with van der Waals surface area (Å²) in [7, 11) is 0. The number of hydrogen-bond acceptors (Lipinski definition) is 7. The first-order valence-electron chi connectivity index (χ1n) is 13.7. The van der Waals surface area contributed by atoms with E-state index in [-0.39, 0.29) is 11.8 Å². The number of fused-ring (bicyclic) bond motifs is 1. The quantitative estimate of drug-likeness (QED) is 0.402. The zero-order valence-electron chi connectivity index (χ0n) is 22.6. The van der Waals surface area contributed by atoms with Crippen molar-refractivity contribution in [1.29, 1.82) is 0 Å². The summed E-state index contributed by atoms with van der Waals surface area (Å²) in [6.45, 7) is 8.25. The number of nitrogens with one attached hydrogen (secondary N) is 1. The molecule has 10 nitrogen and oxygen atoms in total. The van der Waals surface area contributed by atoms with Crippen LogP contribution in [0, 0.1) is 0 Å². The molecule has 0 atom stereocenters. The highest BCUT2D eigenvalue weighted by molar-refractivity contribution is 5.94. The standard InChI is InChI=1S/C30H33N7O3/c1-22(38)35-14-12-34(13-15-35)21-23-2-6-26(7-3-23)32-30-31-20-25-10-11-37(28(25)33-30)27-8-4-24(5-9-27)29(39)36-16-18-40-19-17-36/h2-11,20H,12-19,21H2,1H3,(H,31,32,33). The number of amides is 2. The first kappa shape index (κ1) is 26.0. The van der Waals surface area contributed by atoms with Crippen LogP contribution in [-0.2, 0) is 16.1 Å². The number of ether oxygens (including phenoxy) is 1. The van der Waals surface area contributed by atoms with Gasteiger partial charge in [0.2, 0.25) is 11.9 Å². The van der Waals surface area contributed by atoms with Gasteiger partial charge in [-0.05, 0) is 48.0 Å². The van der Waals surface area contributed by atoms with Crippen molar-refractivity contribution in [1.82, 2.24) is 29.2 Å². The van der Waals surface area contributed by atoms with Gasteiger partial charge in [-0.3, -0.25) is 14.5 Å². The van der Waals surface area contributed by atoms with E-state index in [4.69, 9.17) is 9.72 Å². The average molecular weight is 540 g/mol. The van der Waals surface area contributed by atoms with E-state index >= 15 is 0 Å². The Morgan fingerprint density at radius 2 is 1.60 bits per heavy atom. The maximum Gasteiger partial charge on any atom is 0.254 e. The smallest absolute Gasteiger partial charge is 0.254 e. The lowest BCUT2D eigenvalue weighted by Crippen LogP contribution is -2.47. The molecule has 4 aromatic rings. The SMILES string of the molecule is CC(=O)N1CCN(Cc2ccc(Nc3ncc4ccn(-c5ccc(C(=O)N6CCOCC6)cc5)c4n3)cc2)CC1. The molecule has 0 unspecified atom stereocenters. The van der Waals surface area contributed by atoms with Crippen molar-refractivity contribution < 1.29 is 14.3 Å². The molecule has 2 amide bonds. The molecule has 2 aliphatic heterocycles. The summed E-state index contributed by atoms with van der Waals surface area (Å²) in [5.41, 5.74) is 4.51. The van der Waals surface area contributed by atoms with Crippen LogP contribution in [-0.4, -0.2) is 93.5 Å². The largest absolute Gasteiger partial charge is 0.378 e. The van der Waals surface area contributed by atoms with Crippen LogP contribution in [0.5, 0.6) is 0 Å². The number of anilines is 2. The van der Waals surface area contributed by atoms with Gasteiger partial charge < -0.3 is 24.4 Å². The van der Waals surface area contributed by atoms with Gasteiger partial charge in [0, 0.05) is 87.5 Å². The summed E-state index contributed by atoms with van der Waals surface area (Å²) in [4.78, 5) is 39.8. The molecule has 2 aromatic carbocycles. The van der Waals surface area contributed by atoms with E-state index in [0.29, 0.717) is 37.8 Å². The second-order valence-corrected chi connectivity index (χ2v) is 10.2. The Bertz CT molecular complexity index is 1490. The molecule has 0 bridgehead atoms. The highest BCUT2D eigenvalue weighted by Crippen LogP contribution is 2.22. The van der Waals surface area contributed by atoms with Crippen LogP contribution in [0.4, 0.5) is 11.6 Å². The van der Waals surface area contributed by atoms with Crippen LogP contribution in [0.3, 0.4) is 0 Å². The topological polar surface area (TPSA) is 95.8 Å². The fraction of sp³-hybridized carbons (Fsp3) is 0.333. The normalized spacial score (nSPS) is 16.3. The van der Waals surface area contributed by atoms with Crippen molar-refractivity contribution in [3.63, 3.8) is 0 Å². The zero-order valence-corrected chi connectivity index (χ0v) is 22.6. The summed E-state index contributed by atoms with van der Waals surface area (Å²) < 4.78 is 7.36. The van der Waals surface area contributed by atoms with Crippen molar-refractivity contribution in [2.75, 3.05) is 57.8 Å². The summed E-state index contributed by atoms with van der Waals surface area (Å²) >= 11 is 0. The van der Waals surface area contributed by atoms with Gasteiger partial charge in [0.15, 0.2) is 0 Å². The third-order valence-corrected chi connectivity index (χ3v) is 7.55. The molecular weight excluding hydrogens is 506 g/mol. The Hall–Kier alpha value is -4.28. The van der Waals surface area contributed by atoms with Gasteiger partial charge in [0.05, 0.1) is 13.2 Å². The molecule has 0 aliphatic carbocycles. The number of benzene rings is 2. The summed E-state index contributed by atoms with van der Waals surface area (Å²) in [6, 6.07) is 17.9. The van der Waals surface area contributed by atoms with Crippen molar-refractivity contribution >= 4 is 34.5 Å². The number of piperazine rings is 1. The highest BCUT2D eigenvalue weighted by Gasteiger charge is 2.20. The van der Waals surface area contributed by atoms with Crippen molar-refractivity contribution in [2.24, 2.45) is 0 Å². The van der Waals surface area contributed by atoms with Gasteiger partial charge in [-0.2, -0.15) is 4.98 Å². The molecule has 2 fully saturated rings. The summed E-state index contributed by atoms with van der Waals surface area (Å²) in [6.07, 6.45) is 3.78. The maximum absolute atomic E-state index is 12.8. The number of aromatic nitrogens is 3. The van der Waals surface area contributed by atoms with E-state index in [2.05, 4.69) is 27.3 Å². The van der Waals surface area contributed by atoms with Crippen LogP contribution >= 0.6 is 0 Å². The van der Waals surface area contributed by atoms with Gasteiger partial charge in [-0.15, -0.1) is 0 Å². The van der Waals surface area contributed by atoms with Crippen LogP contribution in [0.15, 0.2) is 67.0 Å². The minimum Gasteiger partial charge on any atom is -0.378 e. The van der Waals surface area contributed by atoms with E-state index in [0.717, 1.165) is 55.1 Å². The molecule has 10 heteroatoms. The fourth-order valence-electron chi connectivity index (χ4n) is 5.20. The first-order chi connectivity index (χ1) is 19.5. The summed E-state index contributed by atoms with van der Waals surface area (Å²) in [5.74, 6) is 0.693. The van der Waals surface area contributed by atoms with E-state index in [1.807, 2.05) is 69.2 Å². The minimum atomic E-state index is 0.0302. The molecule has 2 aliphatic rings. The Morgan fingerprint density at radius 1 is 0.875 bits per heavy atom. The van der Waals surface area contributed by atoms with Gasteiger partial charge >= 0.3 is 0 Å². The number of carbonyl (C=O) groups excluding carboxylic acids is 2. The zero-order chi connectivity index (χ0) is 27.5. The molecule has 1 N–H and O–H groups in total. The lowest BCUT2D eigenvalue weighted by atomic mass is 10.1. The van der Waals surface area contributed by atoms with Crippen LogP contribution in [0.1, 0.15) is 22.8 Å². The molecule has 0 saturated carbocycles. The number of carbonyl (C=O) groups is 2. The van der Waals surface area contributed by atoms with E-state index in [9.17, 15) is 9.59 Å². The lowest BCUT2D eigenvalue weighted by molar-refractivity contribution is -0.130. The van der Waals surface area contributed by atoms with Gasteiger partial charge in [-0.25, -0.2) is 4.98 Å². The number of morpholine rings is 1. The van der Waals surface area contributed by atoms with Gasteiger partial charge in [0.25, 0.3) is 5.91 Å². The molecule has 40 heavy (non-hydrogen) atoms. The van der Waals surface area contributed by atoms with Crippen LogP contribution in [0.25, 0.3) is 16.7 Å². The third-order valence-electron chi connectivity index (χ3n) is 7.55. The second-order valence-electron chi connectivity index (χ2n) is 10.2. The monoisotopic (exact) mass is 539 g/mol. The highest BCUT2D eigenvalue weighted by atomic mass is 16.5. The van der Waals surface area contributed by atoms with Crippen molar-refractivity contribution in [3.8, 4) is 5.69 Å². The maximum atomic E-state index is 12.8. The van der Waals surface area contributed by atoms with Gasteiger partial charge in [0.1, 0.15) is 5.65 Å². The van der Waals surface area contributed by atoms with Crippen LogP contribution in [0.2, 0.25) is 0 Å². The van der Waals surface area contributed by atoms with E-state index in [1.165, 1.54) is 5.56 Å². The predicted molar refractivity (Wildman–Crippen MR) is 153 cm³/mol. The fourth-order valence-corrected chi connectivity index (χ4v) is 5.20. The molecule has 206 valence electrons. The summed E-state index contributed by atoms with van der Waals surface area (Å²) in [5, 5.41) is 4.25. The molecule has 4 heterocycles. The molecule has 0 radical (unpaired) electrons. The Balaban J connectivity index is 1.12. The number of hydrogen-bond donors (Lipinski definition) is 1. The molecule has 2 aromatic heterocycles. The molecule has 6 rings (SSSR count). The Kier molecular flexibility index (Phi) is 7.43. The third kappa shape index (κ3) is 5.68. The Labute approximate surface area is 233 Å². The lowest BCUT2D eigenvalue weighted by Gasteiger charge is -2.34. The predicted octanol–water partition coefficient (Wildman–Crippen LogP) is 3.30. The van der Waals surface area contributed by atoms with E-state index < -0.39 is 0 Å². The van der Waals surface area contributed by atoms with Crippen molar-refractivity contribution in [2.45, 2.75) is 13.5 Å². The van der Waals surface area contributed by atoms with Crippen molar-refractivity contribution in [3.05, 3.63) is 78.1 Å². The van der Waals surface area contributed by atoms with Gasteiger partial charge in [-0.1, -0.05) is 12.1 Å². The molecule has 2 saturated heterocycles. The average Bonchev–Trinajstić information content (AvgIpc) is 3.42. The Morgan fingerprint density at radius 3 is 2.30 bits per heavy atom. The van der Waals surface area contributed by atoms with Crippen LogP contribution < -0.4 is 5.32 Å². The number of nitrogens with zero attached hydrogens (tertiary/aromatic N) is 6. The minimum absolute atomic E-state index is 0.0302. The number of rotatable bonds is 6. The van der Waals surface area contributed by atoms with E-state index in [1.54, 1.807) is 6.92 Å². The molecular formula is C30H33N7O3.